The number of piperidine rings is 1. The fraction of sp³-hybridized carbons (Fsp3) is 0.500. The zero-order valence-corrected chi connectivity index (χ0v) is 12.4. The summed E-state index contributed by atoms with van der Waals surface area (Å²) in [6, 6.07) is 0. The lowest BCUT2D eigenvalue weighted by atomic mass is 9.93. The zero-order chi connectivity index (χ0) is 14.9. The average Bonchev–Trinajstić information content (AvgIpc) is 2.40. The number of halogens is 2. The van der Waals surface area contributed by atoms with E-state index in [4.69, 9.17) is 0 Å². The number of rotatable bonds is 3. The van der Waals surface area contributed by atoms with Crippen LogP contribution in [0.4, 0.5) is 15.8 Å². The summed E-state index contributed by atoms with van der Waals surface area (Å²) in [4.78, 5) is 27.0. The molecule has 1 saturated heterocycles. The first kappa shape index (κ1) is 14.8. The Labute approximate surface area is 123 Å². The summed E-state index contributed by atoms with van der Waals surface area (Å²) in [6.45, 7) is 2.36. The first-order chi connectivity index (χ1) is 9.41. The predicted octanol–water partition coefficient (Wildman–Crippen LogP) is 2.70. The number of hydrogen-bond acceptors (Lipinski definition) is 5. The normalized spacial score (nSPS) is 16.2. The van der Waals surface area contributed by atoms with E-state index in [2.05, 4.69) is 20.9 Å². The van der Waals surface area contributed by atoms with Crippen LogP contribution in [-0.4, -0.2) is 28.8 Å². The van der Waals surface area contributed by atoms with E-state index in [0.29, 0.717) is 25.9 Å². The fourth-order valence-electron chi connectivity index (χ4n) is 2.42. The van der Waals surface area contributed by atoms with Crippen molar-refractivity contribution in [3.8, 4) is 0 Å². The Morgan fingerprint density at radius 1 is 1.55 bits per heavy atom. The highest BCUT2D eigenvalue weighted by molar-refractivity contribution is 9.10. The van der Waals surface area contributed by atoms with Crippen molar-refractivity contribution in [3.05, 3.63) is 26.7 Å². The molecule has 0 amide bonds. The summed E-state index contributed by atoms with van der Waals surface area (Å²) in [5.41, 5.74) is -0.426. The van der Waals surface area contributed by atoms with Gasteiger partial charge in [-0.15, -0.1) is 0 Å². The van der Waals surface area contributed by atoms with Gasteiger partial charge in [0.25, 0.3) is 0 Å². The van der Waals surface area contributed by atoms with E-state index in [-0.39, 0.29) is 27.7 Å². The van der Waals surface area contributed by atoms with Gasteiger partial charge in [-0.3, -0.25) is 14.9 Å². The third kappa shape index (κ3) is 2.79. The van der Waals surface area contributed by atoms with Gasteiger partial charge in [-0.1, -0.05) is 0 Å². The number of ketones is 1. The molecule has 20 heavy (non-hydrogen) atoms. The monoisotopic (exact) mass is 345 g/mol. The summed E-state index contributed by atoms with van der Waals surface area (Å²) in [5, 5.41) is 11.1. The van der Waals surface area contributed by atoms with Gasteiger partial charge in [0.1, 0.15) is 5.78 Å². The number of nitrogens with zero attached hydrogens (tertiary/aromatic N) is 3. The maximum Gasteiger partial charge on any atom is 0.328 e. The van der Waals surface area contributed by atoms with Crippen molar-refractivity contribution in [2.24, 2.45) is 5.92 Å². The van der Waals surface area contributed by atoms with Crippen molar-refractivity contribution in [2.75, 3.05) is 18.0 Å². The molecule has 0 aromatic carbocycles. The van der Waals surface area contributed by atoms with Crippen LogP contribution in [0.2, 0.25) is 0 Å². The van der Waals surface area contributed by atoms with E-state index in [1.807, 2.05) is 0 Å². The Morgan fingerprint density at radius 3 is 2.65 bits per heavy atom. The minimum atomic E-state index is -0.721. The molecule has 0 bridgehead atoms. The Morgan fingerprint density at radius 2 is 2.15 bits per heavy atom. The standard InChI is InChI=1S/C12H13BrFN3O3/c1-7(18)8-2-4-16(5-3-8)10-9(14)6-15-12(13)11(10)17(19)20/h6,8H,2-5H2,1H3. The first-order valence-corrected chi connectivity index (χ1v) is 6.95. The Hall–Kier alpha value is -1.57. The van der Waals surface area contributed by atoms with Crippen molar-refractivity contribution in [1.82, 2.24) is 4.98 Å². The molecule has 0 saturated carbocycles. The van der Waals surface area contributed by atoms with Crippen molar-refractivity contribution in [2.45, 2.75) is 19.8 Å². The van der Waals surface area contributed by atoms with E-state index in [1.54, 1.807) is 4.90 Å². The quantitative estimate of drug-likeness (QED) is 0.478. The maximum atomic E-state index is 13.9. The van der Waals surface area contributed by atoms with Gasteiger partial charge in [0.2, 0.25) is 0 Å². The molecule has 0 aliphatic carbocycles. The number of aromatic nitrogens is 1. The van der Waals surface area contributed by atoms with Crippen LogP contribution in [0.3, 0.4) is 0 Å². The maximum absolute atomic E-state index is 13.9. The van der Waals surface area contributed by atoms with Gasteiger partial charge >= 0.3 is 5.69 Å². The number of nitro groups is 1. The summed E-state index contributed by atoms with van der Waals surface area (Å²) in [6.07, 6.45) is 2.11. The van der Waals surface area contributed by atoms with Gasteiger partial charge < -0.3 is 4.90 Å². The second-order valence-electron chi connectivity index (χ2n) is 4.72. The van der Waals surface area contributed by atoms with Gasteiger partial charge in [0.05, 0.1) is 11.1 Å². The molecule has 1 aromatic rings. The SMILES string of the molecule is CC(=O)C1CCN(c2c(F)cnc(Br)c2[N+](=O)[O-])CC1. The van der Waals surface area contributed by atoms with Crippen LogP contribution in [0.5, 0.6) is 0 Å². The van der Waals surface area contributed by atoms with Crippen LogP contribution >= 0.6 is 15.9 Å². The number of carbonyl (C=O) groups excluding carboxylic acids is 1. The molecule has 1 aliphatic heterocycles. The van der Waals surface area contributed by atoms with Gasteiger partial charge in [0.15, 0.2) is 16.1 Å². The van der Waals surface area contributed by atoms with Crippen molar-refractivity contribution in [3.63, 3.8) is 0 Å². The lowest BCUT2D eigenvalue weighted by molar-refractivity contribution is -0.385. The summed E-state index contributed by atoms with van der Waals surface area (Å²) < 4.78 is 13.9. The molecule has 0 spiro atoms. The third-order valence-corrected chi connectivity index (χ3v) is 4.09. The van der Waals surface area contributed by atoms with E-state index in [0.717, 1.165) is 6.20 Å². The van der Waals surface area contributed by atoms with E-state index in [9.17, 15) is 19.3 Å². The molecule has 108 valence electrons. The lowest BCUT2D eigenvalue weighted by Crippen LogP contribution is -2.36. The van der Waals surface area contributed by atoms with Crippen molar-refractivity contribution < 1.29 is 14.1 Å². The smallest absolute Gasteiger partial charge is 0.328 e. The Balaban J connectivity index is 2.32. The average molecular weight is 346 g/mol. The topological polar surface area (TPSA) is 76.3 Å². The summed E-state index contributed by atoms with van der Waals surface area (Å²) in [5.74, 6) is -0.657. The van der Waals surface area contributed by atoms with Crippen molar-refractivity contribution in [1.29, 1.82) is 0 Å². The number of hydrogen-bond donors (Lipinski definition) is 0. The molecular formula is C12H13BrFN3O3. The van der Waals surface area contributed by atoms with Crippen LogP contribution < -0.4 is 4.90 Å². The Bertz CT molecular complexity index is 559. The number of carbonyl (C=O) groups is 1. The van der Waals surface area contributed by atoms with Crippen LogP contribution in [0.15, 0.2) is 10.8 Å². The Kier molecular flexibility index (Phi) is 4.32. The lowest BCUT2D eigenvalue weighted by Gasteiger charge is -2.32. The summed E-state index contributed by atoms with van der Waals surface area (Å²) >= 11 is 2.98. The molecular weight excluding hydrogens is 333 g/mol. The molecule has 0 unspecified atom stereocenters. The van der Waals surface area contributed by atoms with E-state index in [1.165, 1.54) is 6.92 Å². The highest BCUT2D eigenvalue weighted by Crippen LogP contribution is 2.37. The molecule has 0 N–H and O–H groups in total. The minimum absolute atomic E-state index is 0.00703. The molecule has 0 radical (unpaired) electrons. The largest absolute Gasteiger partial charge is 0.363 e. The molecule has 1 aromatic heterocycles. The molecule has 1 aliphatic rings. The first-order valence-electron chi connectivity index (χ1n) is 6.15. The molecule has 1 fully saturated rings. The predicted molar refractivity (Wildman–Crippen MR) is 74.2 cm³/mol. The molecule has 2 heterocycles. The molecule has 8 heteroatoms. The number of anilines is 1. The number of Topliss-reactive ketones (excluding diaryl/α,β-unsaturated/α-hetero) is 1. The van der Waals surface area contributed by atoms with Crippen LogP contribution in [0, 0.1) is 21.8 Å². The number of pyridine rings is 1. The zero-order valence-electron chi connectivity index (χ0n) is 10.8. The van der Waals surface area contributed by atoms with Gasteiger partial charge in [-0.05, 0) is 35.7 Å². The van der Waals surface area contributed by atoms with Gasteiger partial charge in [-0.2, -0.15) is 0 Å². The summed E-state index contributed by atoms with van der Waals surface area (Å²) in [7, 11) is 0. The molecule has 2 rings (SSSR count). The second kappa shape index (κ2) is 5.82. The van der Waals surface area contributed by atoms with Crippen molar-refractivity contribution >= 4 is 33.1 Å². The van der Waals surface area contributed by atoms with Crippen LogP contribution in [0.1, 0.15) is 19.8 Å². The fourth-order valence-corrected chi connectivity index (χ4v) is 2.85. The van der Waals surface area contributed by atoms with Crippen LogP contribution in [0.25, 0.3) is 0 Å². The molecule has 6 nitrogen and oxygen atoms in total. The van der Waals surface area contributed by atoms with Gasteiger partial charge in [0, 0.05) is 19.0 Å². The second-order valence-corrected chi connectivity index (χ2v) is 5.47. The highest BCUT2D eigenvalue weighted by Gasteiger charge is 2.31. The van der Waals surface area contributed by atoms with E-state index >= 15 is 0 Å². The van der Waals surface area contributed by atoms with Gasteiger partial charge in [-0.25, -0.2) is 9.37 Å². The highest BCUT2D eigenvalue weighted by atomic mass is 79.9. The third-order valence-electron chi connectivity index (χ3n) is 3.51. The molecule has 0 atom stereocenters. The van der Waals surface area contributed by atoms with E-state index < -0.39 is 10.7 Å². The minimum Gasteiger partial charge on any atom is -0.363 e. The van der Waals surface area contributed by atoms with Crippen LogP contribution in [-0.2, 0) is 4.79 Å².